The summed E-state index contributed by atoms with van der Waals surface area (Å²) in [5.74, 6) is 1.58. The third-order valence-corrected chi connectivity index (χ3v) is 5.36. The van der Waals surface area contributed by atoms with Gasteiger partial charge in [0.1, 0.15) is 5.75 Å². The summed E-state index contributed by atoms with van der Waals surface area (Å²) in [6.07, 6.45) is 0. The molecule has 0 atom stereocenters. The number of methoxy groups -OCH3 is 1. The Morgan fingerprint density at radius 2 is 1.79 bits per heavy atom. The summed E-state index contributed by atoms with van der Waals surface area (Å²) in [4.78, 5) is 12.8. The van der Waals surface area contributed by atoms with Crippen LogP contribution in [0.5, 0.6) is 5.75 Å². The van der Waals surface area contributed by atoms with Gasteiger partial charge in [-0.25, -0.2) is 0 Å². The second kappa shape index (κ2) is 9.32. The summed E-state index contributed by atoms with van der Waals surface area (Å²) < 4.78 is 6.74. The predicted octanol–water partition coefficient (Wildman–Crippen LogP) is 5.01. The number of rotatable bonds is 7. The van der Waals surface area contributed by atoms with Gasteiger partial charge in [0.05, 0.1) is 7.11 Å². The molecule has 146 valence electrons. The molecule has 0 radical (unpaired) electrons. The number of hydrogen-bond acceptors (Lipinski definition) is 6. The van der Waals surface area contributed by atoms with Crippen LogP contribution in [0.4, 0.5) is 11.5 Å². The lowest BCUT2D eigenvalue weighted by molar-refractivity contribution is 0.414. The lowest BCUT2D eigenvalue weighted by atomic mass is 10.2. The Morgan fingerprint density at radius 3 is 2.39 bits per heavy atom. The van der Waals surface area contributed by atoms with Crippen LogP contribution in [0, 0.1) is 0 Å². The van der Waals surface area contributed by atoms with E-state index in [9.17, 15) is 4.79 Å². The Hall–Kier alpha value is -2.22. The van der Waals surface area contributed by atoms with Gasteiger partial charge >= 0.3 is 0 Å². The first-order valence-electron chi connectivity index (χ1n) is 8.46. The molecular formula is C19H18Cl2N4O2S. The van der Waals surface area contributed by atoms with Crippen molar-refractivity contribution in [2.45, 2.75) is 24.4 Å². The van der Waals surface area contributed by atoms with E-state index in [1.165, 1.54) is 11.8 Å². The number of hydrogen-bond donors (Lipinski definition) is 1. The first-order valence-corrected chi connectivity index (χ1v) is 10.2. The molecule has 9 heteroatoms. The second-order valence-corrected chi connectivity index (χ2v) is 7.62. The molecule has 0 aliphatic rings. The number of halogens is 2. The van der Waals surface area contributed by atoms with E-state index >= 15 is 0 Å². The van der Waals surface area contributed by atoms with Gasteiger partial charge in [-0.2, -0.15) is 0 Å². The monoisotopic (exact) mass is 436 g/mol. The number of benzene rings is 2. The van der Waals surface area contributed by atoms with Gasteiger partial charge in [-0.1, -0.05) is 47.1 Å². The Balaban J connectivity index is 1.79. The molecule has 0 unspecified atom stereocenters. The zero-order valence-corrected chi connectivity index (χ0v) is 17.6. The van der Waals surface area contributed by atoms with Crippen molar-refractivity contribution in [3.8, 4) is 5.75 Å². The summed E-state index contributed by atoms with van der Waals surface area (Å²) >= 11 is 13.5. The maximum atomic E-state index is 12.8. The fourth-order valence-corrected chi connectivity index (χ4v) is 3.98. The molecule has 1 N–H and O–H groups in total. The molecule has 0 bridgehead atoms. The Bertz CT molecular complexity index is 1010. The lowest BCUT2D eigenvalue weighted by Crippen LogP contribution is -2.26. The Kier molecular flexibility index (Phi) is 6.83. The van der Waals surface area contributed by atoms with Crippen molar-refractivity contribution < 1.29 is 4.74 Å². The standard InChI is InChI=1S/C19H18Cl2N4O2S/c1-3-25-18(26)17(22-15-9-13(20)8-14(21)10-15)23-24-19(25)28-11-12-4-6-16(27-2)7-5-12/h4-10H,3,11H2,1-2H3,(H,22,23). The average molecular weight is 437 g/mol. The van der Waals surface area contributed by atoms with Crippen molar-refractivity contribution in [1.29, 1.82) is 0 Å². The van der Waals surface area contributed by atoms with Crippen molar-refractivity contribution in [2.24, 2.45) is 0 Å². The first kappa shape index (κ1) is 20.5. The fraction of sp³-hybridized carbons (Fsp3) is 0.211. The molecule has 3 aromatic rings. The fourth-order valence-electron chi connectivity index (χ4n) is 2.50. The number of thioether (sulfide) groups is 1. The second-order valence-electron chi connectivity index (χ2n) is 5.80. The van der Waals surface area contributed by atoms with E-state index in [0.717, 1.165) is 11.3 Å². The highest BCUT2D eigenvalue weighted by atomic mass is 35.5. The van der Waals surface area contributed by atoms with Crippen molar-refractivity contribution >= 4 is 46.5 Å². The molecule has 28 heavy (non-hydrogen) atoms. The lowest BCUT2D eigenvalue weighted by Gasteiger charge is -2.12. The van der Waals surface area contributed by atoms with Crippen molar-refractivity contribution in [1.82, 2.24) is 14.8 Å². The normalized spacial score (nSPS) is 10.7. The van der Waals surface area contributed by atoms with E-state index in [1.54, 1.807) is 29.9 Å². The molecule has 3 rings (SSSR count). The minimum Gasteiger partial charge on any atom is -0.497 e. The van der Waals surface area contributed by atoms with Gasteiger partial charge in [0.15, 0.2) is 5.16 Å². The van der Waals surface area contributed by atoms with Crippen LogP contribution in [0.2, 0.25) is 10.0 Å². The van der Waals surface area contributed by atoms with Crippen molar-refractivity contribution in [3.05, 3.63) is 68.4 Å². The molecule has 1 heterocycles. The quantitative estimate of drug-likeness (QED) is 0.524. The van der Waals surface area contributed by atoms with E-state index in [4.69, 9.17) is 27.9 Å². The van der Waals surface area contributed by atoms with E-state index < -0.39 is 0 Å². The molecule has 0 fully saturated rings. The van der Waals surface area contributed by atoms with Crippen LogP contribution >= 0.6 is 35.0 Å². The highest BCUT2D eigenvalue weighted by molar-refractivity contribution is 7.98. The highest BCUT2D eigenvalue weighted by Gasteiger charge is 2.12. The van der Waals surface area contributed by atoms with Gasteiger partial charge in [0, 0.05) is 28.0 Å². The average Bonchev–Trinajstić information content (AvgIpc) is 2.68. The van der Waals surface area contributed by atoms with E-state index in [0.29, 0.717) is 33.2 Å². The topological polar surface area (TPSA) is 69.0 Å². The van der Waals surface area contributed by atoms with Crippen molar-refractivity contribution in [2.75, 3.05) is 12.4 Å². The minimum absolute atomic E-state index is 0.119. The van der Waals surface area contributed by atoms with Gasteiger partial charge in [-0.05, 0) is 42.8 Å². The molecule has 0 amide bonds. The summed E-state index contributed by atoms with van der Waals surface area (Å²) in [5, 5.41) is 12.7. The largest absolute Gasteiger partial charge is 0.497 e. The zero-order chi connectivity index (χ0) is 20.1. The number of aromatic nitrogens is 3. The maximum absolute atomic E-state index is 12.8. The van der Waals surface area contributed by atoms with Crippen LogP contribution in [-0.2, 0) is 12.3 Å². The van der Waals surface area contributed by atoms with Gasteiger partial charge < -0.3 is 10.1 Å². The smallest absolute Gasteiger partial charge is 0.297 e. The third-order valence-electron chi connectivity index (χ3n) is 3.88. The number of ether oxygens (including phenoxy) is 1. The molecule has 0 aliphatic carbocycles. The van der Waals surface area contributed by atoms with Crippen LogP contribution < -0.4 is 15.6 Å². The van der Waals surface area contributed by atoms with Crippen LogP contribution in [0.25, 0.3) is 0 Å². The van der Waals surface area contributed by atoms with Gasteiger partial charge in [0.2, 0.25) is 5.82 Å². The van der Waals surface area contributed by atoms with Crippen LogP contribution in [0.1, 0.15) is 12.5 Å². The molecule has 0 spiro atoms. The van der Waals surface area contributed by atoms with Crippen molar-refractivity contribution in [3.63, 3.8) is 0 Å². The number of nitrogens with zero attached hydrogens (tertiary/aromatic N) is 3. The zero-order valence-electron chi connectivity index (χ0n) is 15.3. The maximum Gasteiger partial charge on any atom is 0.297 e. The summed E-state index contributed by atoms with van der Waals surface area (Å²) in [7, 11) is 1.63. The molecular weight excluding hydrogens is 419 g/mol. The summed E-state index contributed by atoms with van der Waals surface area (Å²) in [5.41, 5.74) is 1.41. The predicted molar refractivity (Wildman–Crippen MR) is 114 cm³/mol. The molecule has 2 aromatic carbocycles. The molecule has 0 saturated carbocycles. The Labute approximate surface area is 176 Å². The first-order chi connectivity index (χ1) is 13.5. The van der Waals surface area contributed by atoms with E-state index in [1.807, 2.05) is 31.2 Å². The summed E-state index contributed by atoms with van der Waals surface area (Å²) in [6, 6.07) is 12.7. The molecule has 1 aromatic heterocycles. The molecule has 0 aliphatic heterocycles. The highest BCUT2D eigenvalue weighted by Crippen LogP contribution is 2.25. The van der Waals surface area contributed by atoms with E-state index in [2.05, 4.69) is 15.5 Å². The molecule has 6 nitrogen and oxygen atoms in total. The van der Waals surface area contributed by atoms with Crippen LogP contribution in [-0.4, -0.2) is 21.9 Å². The van der Waals surface area contributed by atoms with Gasteiger partial charge in [-0.3, -0.25) is 9.36 Å². The van der Waals surface area contributed by atoms with Crippen LogP contribution in [0.15, 0.2) is 52.4 Å². The van der Waals surface area contributed by atoms with Crippen LogP contribution in [0.3, 0.4) is 0 Å². The van der Waals surface area contributed by atoms with Gasteiger partial charge in [0.25, 0.3) is 5.56 Å². The SMILES string of the molecule is CCn1c(SCc2ccc(OC)cc2)nnc(Nc2cc(Cl)cc(Cl)c2)c1=O. The molecule has 0 saturated heterocycles. The number of anilines is 2. The Morgan fingerprint density at radius 1 is 1.11 bits per heavy atom. The summed E-state index contributed by atoms with van der Waals surface area (Å²) in [6.45, 7) is 2.37. The minimum atomic E-state index is -0.258. The number of nitrogens with one attached hydrogen (secondary N) is 1. The van der Waals surface area contributed by atoms with E-state index in [-0.39, 0.29) is 11.4 Å². The third kappa shape index (κ3) is 4.98. The van der Waals surface area contributed by atoms with Gasteiger partial charge in [-0.15, -0.1) is 10.2 Å².